The molecule has 17 heavy (non-hydrogen) atoms. The maximum atomic E-state index is 11.0. The summed E-state index contributed by atoms with van der Waals surface area (Å²) < 4.78 is 1.75. The Morgan fingerprint density at radius 1 is 1.47 bits per heavy atom. The highest BCUT2D eigenvalue weighted by Gasteiger charge is 2.35. The van der Waals surface area contributed by atoms with Gasteiger partial charge < -0.3 is 5.11 Å². The van der Waals surface area contributed by atoms with E-state index in [1.807, 2.05) is 7.05 Å². The first kappa shape index (κ1) is 12.1. The maximum Gasteiger partial charge on any atom is 0.303 e. The van der Waals surface area contributed by atoms with Crippen LogP contribution in [0.4, 0.5) is 0 Å². The molecule has 2 rings (SSSR count). The lowest BCUT2D eigenvalue weighted by Gasteiger charge is -2.35. The summed E-state index contributed by atoms with van der Waals surface area (Å²) in [6.07, 6.45) is 7.98. The minimum absolute atomic E-state index is 0.106. The van der Waals surface area contributed by atoms with Gasteiger partial charge in [0.2, 0.25) is 0 Å². The summed E-state index contributed by atoms with van der Waals surface area (Å²) in [7, 11) is 1.86. The van der Waals surface area contributed by atoms with Crippen molar-refractivity contribution in [2.24, 2.45) is 12.5 Å². The standard InChI is InChI=1S/C12H19N3O2/c1-15-10(13-9-14-15)7-12(8-11(16)17)5-3-2-4-6-12/h9H,2-8H2,1H3,(H,16,17). The molecular weight excluding hydrogens is 218 g/mol. The highest BCUT2D eigenvalue weighted by atomic mass is 16.4. The second-order valence-electron chi connectivity index (χ2n) is 5.11. The van der Waals surface area contributed by atoms with Crippen molar-refractivity contribution in [1.29, 1.82) is 0 Å². The minimum atomic E-state index is -0.700. The largest absolute Gasteiger partial charge is 0.481 e. The normalized spacial score (nSPS) is 19.1. The second-order valence-corrected chi connectivity index (χ2v) is 5.11. The Kier molecular flexibility index (Phi) is 3.45. The Morgan fingerprint density at radius 2 is 2.18 bits per heavy atom. The van der Waals surface area contributed by atoms with Crippen LogP contribution in [-0.4, -0.2) is 25.8 Å². The van der Waals surface area contributed by atoms with E-state index in [0.717, 1.165) is 37.9 Å². The molecule has 0 bridgehead atoms. The van der Waals surface area contributed by atoms with Crippen molar-refractivity contribution < 1.29 is 9.90 Å². The number of nitrogens with zero attached hydrogens (tertiary/aromatic N) is 3. The van der Waals surface area contributed by atoms with Crippen LogP contribution in [0.1, 0.15) is 44.3 Å². The lowest BCUT2D eigenvalue weighted by Crippen LogP contribution is -2.30. The Labute approximate surface area is 101 Å². The zero-order valence-electron chi connectivity index (χ0n) is 10.2. The highest BCUT2D eigenvalue weighted by molar-refractivity contribution is 5.67. The summed E-state index contributed by atoms with van der Waals surface area (Å²) in [6, 6.07) is 0. The predicted molar refractivity (Wildman–Crippen MR) is 62.5 cm³/mol. The van der Waals surface area contributed by atoms with Crippen LogP contribution < -0.4 is 0 Å². The van der Waals surface area contributed by atoms with Gasteiger partial charge in [-0.05, 0) is 18.3 Å². The van der Waals surface area contributed by atoms with Crippen LogP contribution in [0, 0.1) is 5.41 Å². The molecule has 94 valence electrons. The number of hydrogen-bond donors (Lipinski definition) is 1. The summed E-state index contributed by atoms with van der Waals surface area (Å²) in [5.74, 6) is 0.196. The molecule has 0 aromatic carbocycles. The monoisotopic (exact) mass is 237 g/mol. The lowest BCUT2D eigenvalue weighted by molar-refractivity contribution is -0.140. The second kappa shape index (κ2) is 4.85. The molecule has 1 fully saturated rings. The molecule has 0 spiro atoms. The predicted octanol–water partition coefficient (Wildman–Crippen LogP) is 1.78. The number of aliphatic carboxylic acids is 1. The van der Waals surface area contributed by atoms with E-state index < -0.39 is 5.97 Å². The molecule has 1 saturated carbocycles. The molecule has 0 amide bonds. The van der Waals surface area contributed by atoms with Gasteiger partial charge in [0.25, 0.3) is 0 Å². The van der Waals surface area contributed by atoms with Gasteiger partial charge in [-0.25, -0.2) is 4.98 Å². The van der Waals surface area contributed by atoms with Gasteiger partial charge in [-0.15, -0.1) is 0 Å². The van der Waals surface area contributed by atoms with E-state index >= 15 is 0 Å². The fraction of sp³-hybridized carbons (Fsp3) is 0.750. The van der Waals surface area contributed by atoms with Crippen molar-refractivity contribution in [1.82, 2.24) is 14.8 Å². The Bertz CT molecular complexity index is 394. The zero-order chi connectivity index (χ0) is 12.3. The zero-order valence-corrected chi connectivity index (χ0v) is 10.2. The van der Waals surface area contributed by atoms with Crippen molar-refractivity contribution in [2.75, 3.05) is 0 Å². The van der Waals surface area contributed by atoms with E-state index in [9.17, 15) is 4.79 Å². The topological polar surface area (TPSA) is 68.0 Å². The number of hydrogen-bond acceptors (Lipinski definition) is 3. The number of carbonyl (C=O) groups is 1. The van der Waals surface area contributed by atoms with Gasteiger partial charge in [0.1, 0.15) is 12.2 Å². The van der Waals surface area contributed by atoms with E-state index in [1.54, 1.807) is 4.68 Å². The molecule has 0 atom stereocenters. The molecule has 0 unspecified atom stereocenters. The van der Waals surface area contributed by atoms with Crippen molar-refractivity contribution >= 4 is 5.97 Å². The van der Waals surface area contributed by atoms with Gasteiger partial charge in [0, 0.05) is 13.5 Å². The summed E-state index contributed by atoms with van der Waals surface area (Å²) in [4.78, 5) is 15.3. The summed E-state index contributed by atoms with van der Waals surface area (Å²) in [5.41, 5.74) is -0.106. The van der Waals surface area contributed by atoms with Gasteiger partial charge in [0.15, 0.2) is 0 Å². The molecule has 1 aromatic heterocycles. The molecule has 1 heterocycles. The number of carboxylic acids is 1. The van der Waals surface area contributed by atoms with Gasteiger partial charge in [-0.2, -0.15) is 5.10 Å². The average Bonchev–Trinajstić information content (AvgIpc) is 2.64. The molecule has 0 radical (unpaired) electrons. The first-order valence-corrected chi connectivity index (χ1v) is 6.16. The van der Waals surface area contributed by atoms with E-state index in [1.165, 1.54) is 12.7 Å². The highest BCUT2D eigenvalue weighted by Crippen LogP contribution is 2.41. The van der Waals surface area contributed by atoms with Gasteiger partial charge in [0.05, 0.1) is 6.42 Å². The van der Waals surface area contributed by atoms with Gasteiger partial charge >= 0.3 is 5.97 Å². The van der Waals surface area contributed by atoms with Crippen molar-refractivity contribution in [3.05, 3.63) is 12.2 Å². The molecule has 1 aliphatic carbocycles. The van der Waals surface area contributed by atoms with Crippen LogP contribution in [-0.2, 0) is 18.3 Å². The molecule has 1 aromatic rings. The summed E-state index contributed by atoms with van der Waals surface area (Å²) in [6.45, 7) is 0. The molecule has 1 N–H and O–H groups in total. The van der Waals surface area contributed by atoms with E-state index in [-0.39, 0.29) is 11.8 Å². The number of aryl methyl sites for hydroxylation is 1. The quantitative estimate of drug-likeness (QED) is 0.866. The molecule has 0 saturated heterocycles. The maximum absolute atomic E-state index is 11.0. The lowest BCUT2D eigenvalue weighted by atomic mass is 9.69. The number of aromatic nitrogens is 3. The van der Waals surface area contributed by atoms with Crippen molar-refractivity contribution in [3.63, 3.8) is 0 Å². The van der Waals surface area contributed by atoms with E-state index in [4.69, 9.17) is 5.11 Å². The average molecular weight is 237 g/mol. The smallest absolute Gasteiger partial charge is 0.303 e. The first-order valence-electron chi connectivity index (χ1n) is 6.16. The Morgan fingerprint density at radius 3 is 2.71 bits per heavy atom. The van der Waals surface area contributed by atoms with Crippen molar-refractivity contribution in [3.8, 4) is 0 Å². The third-order valence-corrected chi connectivity index (χ3v) is 3.78. The van der Waals surface area contributed by atoms with Crippen molar-refractivity contribution in [2.45, 2.75) is 44.9 Å². The Hall–Kier alpha value is -1.39. The van der Waals surface area contributed by atoms with Crippen LogP contribution in [0.25, 0.3) is 0 Å². The third-order valence-electron chi connectivity index (χ3n) is 3.78. The van der Waals surface area contributed by atoms with Gasteiger partial charge in [-0.1, -0.05) is 19.3 Å². The molecule has 0 aliphatic heterocycles. The number of rotatable bonds is 4. The minimum Gasteiger partial charge on any atom is -0.481 e. The summed E-state index contributed by atoms with van der Waals surface area (Å²) in [5, 5.41) is 13.1. The molecule has 5 heteroatoms. The SMILES string of the molecule is Cn1ncnc1CC1(CC(=O)O)CCCCC1. The fourth-order valence-corrected chi connectivity index (χ4v) is 2.85. The molecular formula is C12H19N3O2. The molecule has 1 aliphatic rings. The number of carboxylic acid groups (broad SMARTS) is 1. The van der Waals surface area contributed by atoms with Crippen LogP contribution in [0.3, 0.4) is 0 Å². The van der Waals surface area contributed by atoms with Crippen LogP contribution >= 0.6 is 0 Å². The molecule has 5 nitrogen and oxygen atoms in total. The first-order chi connectivity index (χ1) is 8.11. The third kappa shape index (κ3) is 2.84. The Balaban J connectivity index is 2.15. The summed E-state index contributed by atoms with van der Waals surface area (Å²) >= 11 is 0. The van der Waals surface area contributed by atoms with Crippen LogP contribution in [0.5, 0.6) is 0 Å². The van der Waals surface area contributed by atoms with Crippen LogP contribution in [0.15, 0.2) is 6.33 Å². The van der Waals surface area contributed by atoms with E-state index in [2.05, 4.69) is 10.1 Å². The fourth-order valence-electron chi connectivity index (χ4n) is 2.85. The van der Waals surface area contributed by atoms with E-state index in [0.29, 0.717) is 0 Å². The van der Waals surface area contributed by atoms with Crippen LogP contribution in [0.2, 0.25) is 0 Å². The van der Waals surface area contributed by atoms with Gasteiger partial charge in [-0.3, -0.25) is 9.48 Å².